The minimum atomic E-state index is -4.49. The average Bonchev–Trinajstić information content (AvgIpc) is 3.71. The number of fused-ring (bicyclic) bond motifs is 1. The van der Waals surface area contributed by atoms with Gasteiger partial charge in [-0.1, -0.05) is 5.92 Å². The molecule has 2 aliphatic rings. The van der Waals surface area contributed by atoms with Crippen LogP contribution in [0.5, 0.6) is 0 Å². The molecule has 188 valence electrons. The van der Waals surface area contributed by atoms with E-state index in [0.29, 0.717) is 11.6 Å². The molecule has 0 spiro atoms. The van der Waals surface area contributed by atoms with Gasteiger partial charge >= 0.3 is 6.18 Å². The number of nitrogens with one attached hydrogen (secondary N) is 2. The van der Waals surface area contributed by atoms with E-state index in [4.69, 9.17) is 5.14 Å². The number of anilines is 2. The second-order valence-corrected chi connectivity index (χ2v) is 10.5. The van der Waals surface area contributed by atoms with E-state index in [1.165, 1.54) is 6.07 Å². The Morgan fingerprint density at radius 2 is 1.86 bits per heavy atom. The summed E-state index contributed by atoms with van der Waals surface area (Å²) in [4.78, 5) is 12.5. The van der Waals surface area contributed by atoms with Crippen molar-refractivity contribution in [1.82, 2.24) is 15.0 Å². The number of alkyl halides is 3. The van der Waals surface area contributed by atoms with Crippen molar-refractivity contribution in [2.24, 2.45) is 11.1 Å². The Kier molecular flexibility index (Phi) is 5.76. The summed E-state index contributed by atoms with van der Waals surface area (Å²) in [6, 6.07) is 6.28. The number of sulfonamides is 1. The molecule has 0 radical (unpaired) electrons. The van der Waals surface area contributed by atoms with Crippen molar-refractivity contribution in [2.75, 3.05) is 10.6 Å². The van der Waals surface area contributed by atoms with E-state index in [-0.39, 0.29) is 47.7 Å². The number of benzene rings is 1. The van der Waals surface area contributed by atoms with Gasteiger partial charge in [-0.3, -0.25) is 0 Å². The topological polar surface area (TPSA) is 123 Å². The molecule has 2 heterocycles. The van der Waals surface area contributed by atoms with Gasteiger partial charge in [0.05, 0.1) is 10.4 Å². The number of hydrogen-bond acceptors (Lipinski definition) is 7. The summed E-state index contributed by atoms with van der Waals surface area (Å²) in [6.45, 7) is -0.117. The molecule has 0 unspecified atom stereocenters. The van der Waals surface area contributed by atoms with Gasteiger partial charge in [0.1, 0.15) is 22.6 Å². The first-order valence-electron chi connectivity index (χ1n) is 11.0. The predicted octanol–water partition coefficient (Wildman–Crippen LogP) is 3.69. The number of pyridine rings is 1. The molecule has 36 heavy (non-hydrogen) atoms. The Balaban J connectivity index is 1.49. The maximum atomic E-state index is 13.9. The van der Waals surface area contributed by atoms with E-state index in [1.54, 1.807) is 12.1 Å². The number of halogens is 4. The van der Waals surface area contributed by atoms with Crippen LogP contribution in [0.3, 0.4) is 0 Å². The fourth-order valence-corrected chi connectivity index (χ4v) is 4.15. The van der Waals surface area contributed by atoms with Crippen molar-refractivity contribution >= 4 is 32.8 Å². The maximum absolute atomic E-state index is 13.9. The normalized spacial score (nSPS) is 16.8. The van der Waals surface area contributed by atoms with Crippen LogP contribution >= 0.6 is 0 Å². The van der Waals surface area contributed by atoms with Gasteiger partial charge < -0.3 is 10.6 Å². The van der Waals surface area contributed by atoms with E-state index in [9.17, 15) is 26.0 Å². The Morgan fingerprint density at radius 1 is 1.11 bits per heavy atom. The quantitative estimate of drug-likeness (QED) is 0.335. The van der Waals surface area contributed by atoms with Crippen molar-refractivity contribution in [2.45, 2.75) is 48.8 Å². The summed E-state index contributed by atoms with van der Waals surface area (Å²) < 4.78 is 78.1. The van der Waals surface area contributed by atoms with Gasteiger partial charge in [-0.05, 0) is 67.5 Å². The van der Waals surface area contributed by atoms with Crippen LogP contribution in [0.15, 0.2) is 35.2 Å². The lowest BCUT2D eigenvalue weighted by Gasteiger charge is -2.22. The Bertz CT molecular complexity index is 1520. The maximum Gasteiger partial charge on any atom is 0.411 e. The molecular formula is C23H20F4N6O2S. The molecular weight excluding hydrogens is 500 g/mol. The SMILES string of the molecule is NS(=O)(=O)c1cc(F)cc(CNc2nc(NC3(C(F)(F)F)CC3)c3nc(C#CC4CC4)ccc3n2)c1. The summed E-state index contributed by atoms with van der Waals surface area (Å²) in [6.07, 6.45) is -2.67. The highest BCUT2D eigenvalue weighted by atomic mass is 32.2. The number of rotatable bonds is 6. The molecule has 4 N–H and O–H groups in total. The highest BCUT2D eigenvalue weighted by Gasteiger charge is 2.64. The number of nitrogens with two attached hydrogens (primary N) is 1. The Labute approximate surface area is 203 Å². The molecule has 13 heteroatoms. The van der Waals surface area contributed by atoms with Crippen LogP contribution in [0.1, 0.15) is 36.9 Å². The lowest BCUT2D eigenvalue weighted by Crippen LogP contribution is -2.39. The summed E-state index contributed by atoms with van der Waals surface area (Å²) in [5, 5.41) is 10.4. The third kappa shape index (κ3) is 5.19. The van der Waals surface area contributed by atoms with Crippen LogP contribution in [0.4, 0.5) is 29.3 Å². The molecule has 5 rings (SSSR count). The number of hydrogen-bond donors (Lipinski definition) is 3. The number of aromatic nitrogens is 3. The van der Waals surface area contributed by atoms with E-state index >= 15 is 0 Å². The number of primary sulfonamides is 1. The average molecular weight is 521 g/mol. The molecule has 2 saturated carbocycles. The molecule has 0 atom stereocenters. The van der Waals surface area contributed by atoms with Crippen LogP contribution in [-0.2, 0) is 16.6 Å². The third-order valence-corrected chi connectivity index (χ3v) is 6.78. The van der Waals surface area contributed by atoms with Crippen LogP contribution in [0.25, 0.3) is 11.0 Å². The van der Waals surface area contributed by atoms with Crippen molar-refractivity contribution in [3.8, 4) is 11.8 Å². The van der Waals surface area contributed by atoms with Crippen molar-refractivity contribution in [3.05, 3.63) is 47.4 Å². The van der Waals surface area contributed by atoms with Gasteiger partial charge in [-0.15, -0.1) is 0 Å². The first kappa shape index (κ1) is 24.2. The van der Waals surface area contributed by atoms with Crippen LogP contribution in [0, 0.1) is 23.6 Å². The first-order chi connectivity index (χ1) is 16.9. The zero-order chi connectivity index (χ0) is 25.7. The van der Waals surface area contributed by atoms with Gasteiger partial charge in [0.15, 0.2) is 5.82 Å². The lowest BCUT2D eigenvalue weighted by molar-refractivity contribution is -0.151. The highest BCUT2D eigenvalue weighted by molar-refractivity contribution is 7.89. The summed E-state index contributed by atoms with van der Waals surface area (Å²) in [5.74, 6) is 5.34. The molecule has 0 aliphatic heterocycles. The summed E-state index contributed by atoms with van der Waals surface area (Å²) in [5.41, 5.74) is -1.07. The predicted molar refractivity (Wildman–Crippen MR) is 124 cm³/mol. The standard InChI is InChI=1S/C23H20F4N6O2S/c24-15-9-14(10-17(11-15)36(28,34)35)12-29-21-31-18-6-5-16(4-3-13-1-2-13)30-19(18)20(32-21)33-22(7-8-22)23(25,26)27/h5-6,9-11,13H,1-2,7-8,12H2,(H2,28,34,35)(H2,29,31,32,33). The van der Waals surface area contributed by atoms with Gasteiger partial charge in [-0.25, -0.2) is 27.9 Å². The second-order valence-electron chi connectivity index (χ2n) is 8.90. The fourth-order valence-electron chi connectivity index (χ4n) is 3.55. The molecule has 2 fully saturated rings. The van der Waals surface area contributed by atoms with Gasteiger partial charge in [-0.2, -0.15) is 18.2 Å². The molecule has 2 aliphatic carbocycles. The first-order valence-corrected chi connectivity index (χ1v) is 12.6. The monoisotopic (exact) mass is 520 g/mol. The van der Waals surface area contributed by atoms with Gasteiger partial charge in [0, 0.05) is 12.5 Å². The smallest absolute Gasteiger partial charge is 0.354 e. The number of nitrogens with zero attached hydrogens (tertiary/aromatic N) is 3. The van der Waals surface area contributed by atoms with Crippen molar-refractivity contribution < 1.29 is 26.0 Å². The van der Waals surface area contributed by atoms with E-state index < -0.39 is 32.5 Å². The molecule has 0 bridgehead atoms. The summed E-state index contributed by atoms with van der Waals surface area (Å²) in [7, 11) is -4.14. The van der Waals surface area contributed by atoms with Crippen LogP contribution in [0.2, 0.25) is 0 Å². The van der Waals surface area contributed by atoms with Gasteiger partial charge in [0.2, 0.25) is 16.0 Å². The van der Waals surface area contributed by atoms with Crippen molar-refractivity contribution in [3.63, 3.8) is 0 Å². The molecule has 0 saturated heterocycles. The molecule has 3 aromatic rings. The molecule has 1 aromatic carbocycles. The Morgan fingerprint density at radius 3 is 2.50 bits per heavy atom. The lowest BCUT2D eigenvalue weighted by atomic mass is 10.2. The summed E-state index contributed by atoms with van der Waals surface area (Å²) >= 11 is 0. The Hall–Kier alpha value is -3.50. The van der Waals surface area contributed by atoms with Crippen molar-refractivity contribution in [1.29, 1.82) is 0 Å². The van der Waals surface area contributed by atoms with E-state index in [0.717, 1.165) is 25.0 Å². The van der Waals surface area contributed by atoms with E-state index in [1.807, 2.05) is 0 Å². The zero-order valence-electron chi connectivity index (χ0n) is 18.7. The van der Waals surface area contributed by atoms with E-state index in [2.05, 4.69) is 37.4 Å². The van der Waals surface area contributed by atoms with Crippen LogP contribution < -0.4 is 15.8 Å². The minimum absolute atomic E-state index is 0.0528. The molecule has 0 amide bonds. The minimum Gasteiger partial charge on any atom is -0.354 e. The third-order valence-electron chi connectivity index (χ3n) is 5.88. The highest BCUT2D eigenvalue weighted by Crippen LogP contribution is 2.51. The van der Waals surface area contributed by atoms with Crippen LogP contribution in [-0.4, -0.2) is 35.1 Å². The zero-order valence-corrected chi connectivity index (χ0v) is 19.5. The molecule has 2 aromatic heterocycles. The fraction of sp³-hybridized carbons (Fsp3) is 0.348. The largest absolute Gasteiger partial charge is 0.411 e. The molecule has 8 nitrogen and oxygen atoms in total. The second kappa shape index (κ2) is 8.56. The van der Waals surface area contributed by atoms with Gasteiger partial charge in [0.25, 0.3) is 0 Å².